The molecule has 21 heavy (non-hydrogen) atoms. The van der Waals surface area contributed by atoms with Crippen molar-refractivity contribution in [1.29, 1.82) is 0 Å². The van der Waals surface area contributed by atoms with Crippen molar-refractivity contribution in [3.63, 3.8) is 0 Å². The Morgan fingerprint density at radius 2 is 1.81 bits per heavy atom. The average Bonchev–Trinajstić information content (AvgIpc) is 2.53. The molecule has 3 rings (SSSR count). The Morgan fingerprint density at radius 3 is 2.62 bits per heavy atom. The summed E-state index contributed by atoms with van der Waals surface area (Å²) < 4.78 is 12.8. The summed E-state index contributed by atoms with van der Waals surface area (Å²) in [5.41, 5.74) is 2.54. The van der Waals surface area contributed by atoms with E-state index in [2.05, 4.69) is 15.3 Å². The average molecular weight is 281 g/mol. The summed E-state index contributed by atoms with van der Waals surface area (Å²) in [6, 6.07) is 11.3. The van der Waals surface area contributed by atoms with Crippen molar-refractivity contribution in [2.75, 3.05) is 0 Å². The molecule has 0 bridgehead atoms. The van der Waals surface area contributed by atoms with Crippen molar-refractivity contribution in [3.8, 4) is 0 Å². The van der Waals surface area contributed by atoms with E-state index in [1.54, 1.807) is 42.7 Å². The summed E-state index contributed by atoms with van der Waals surface area (Å²) in [4.78, 5) is 20.6. The van der Waals surface area contributed by atoms with E-state index in [9.17, 15) is 9.18 Å². The highest BCUT2D eigenvalue weighted by molar-refractivity contribution is 6.04. The minimum absolute atomic E-state index is 0.231. The van der Waals surface area contributed by atoms with Gasteiger partial charge in [0, 0.05) is 18.9 Å². The summed E-state index contributed by atoms with van der Waals surface area (Å²) in [7, 11) is 0. The molecule has 0 spiro atoms. The van der Waals surface area contributed by atoms with Gasteiger partial charge in [0.1, 0.15) is 11.3 Å². The van der Waals surface area contributed by atoms with Crippen molar-refractivity contribution < 1.29 is 9.18 Å². The van der Waals surface area contributed by atoms with E-state index in [1.165, 1.54) is 12.1 Å². The number of aromatic nitrogens is 2. The van der Waals surface area contributed by atoms with Gasteiger partial charge in [-0.05, 0) is 29.8 Å². The molecular weight excluding hydrogens is 269 g/mol. The van der Waals surface area contributed by atoms with Gasteiger partial charge in [0.25, 0.3) is 5.91 Å². The quantitative estimate of drug-likeness (QED) is 0.803. The molecule has 0 aliphatic carbocycles. The molecule has 4 nitrogen and oxygen atoms in total. The number of nitrogens with zero attached hydrogens (tertiary/aromatic N) is 2. The van der Waals surface area contributed by atoms with Gasteiger partial charge in [-0.25, -0.2) is 4.39 Å². The summed E-state index contributed by atoms with van der Waals surface area (Å²) >= 11 is 0. The molecule has 1 aromatic heterocycles. The maximum atomic E-state index is 12.8. The Morgan fingerprint density at radius 1 is 1.05 bits per heavy atom. The van der Waals surface area contributed by atoms with Crippen molar-refractivity contribution in [2.24, 2.45) is 0 Å². The van der Waals surface area contributed by atoms with Gasteiger partial charge in [0.05, 0.1) is 11.1 Å². The molecular formula is C16H12FN3O. The second kappa shape index (κ2) is 5.66. The Labute approximate surface area is 120 Å². The Hall–Kier alpha value is -2.82. The van der Waals surface area contributed by atoms with Crippen LogP contribution in [0, 0.1) is 5.82 Å². The number of carbonyl (C=O) groups excluding carboxylic acids is 1. The third-order valence-corrected chi connectivity index (χ3v) is 3.11. The molecule has 3 aromatic rings. The zero-order chi connectivity index (χ0) is 14.7. The van der Waals surface area contributed by atoms with Crippen LogP contribution in [0.3, 0.4) is 0 Å². The predicted octanol–water partition coefficient (Wildman–Crippen LogP) is 2.70. The first kappa shape index (κ1) is 13.2. The lowest BCUT2D eigenvalue weighted by Gasteiger charge is -2.07. The van der Waals surface area contributed by atoms with Crippen LogP contribution in [-0.2, 0) is 6.54 Å². The standard InChI is InChI=1S/C16H12FN3O/c17-12-6-4-11(5-7-12)10-20-16(21)13-2-1-3-14-15(13)19-9-8-18-14/h1-9H,10H2,(H,20,21). The molecule has 0 saturated carbocycles. The number of para-hydroxylation sites is 1. The Balaban J connectivity index is 1.79. The van der Waals surface area contributed by atoms with Crippen LogP contribution in [-0.4, -0.2) is 15.9 Å². The maximum Gasteiger partial charge on any atom is 0.253 e. The van der Waals surface area contributed by atoms with Gasteiger partial charge in [0.2, 0.25) is 0 Å². The SMILES string of the molecule is O=C(NCc1ccc(F)cc1)c1cccc2nccnc12. The maximum absolute atomic E-state index is 12.8. The molecule has 0 unspecified atom stereocenters. The van der Waals surface area contributed by atoms with Gasteiger partial charge in [-0.15, -0.1) is 0 Å². The van der Waals surface area contributed by atoms with Crippen molar-refractivity contribution in [3.05, 3.63) is 71.8 Å². The monoisotopic (exact) mass is 281 g/mol. The number of rotatable bonds is 3. The second-order valence-corrected chi connectivity index (χ2v) is 4.54. The van der Waals surface area contributed by atoms with E-state index in [4.69, 9.17) is 0 Å². The zero-order valence-electron chi connectivity index (χ0n) is 11.1. The number of halogens is 1. The van der Waals surface area contributed by atoms with E-state index in [0.29, 0.717) is 23.1 Å². The van der Waals surface area contributed by atoms with Gasteiger partial charge in [-0.2, -0.15) is 0 Å². The number of fused-ring (bicyclic) bond motifs is 1. The van der Waals surface area contributed by atoms with Gasteiger partial charge >= 0.3 is 0 Å². The fourth-order valence-corrected chi connectivity index (χ4v) is 2.06. The highest BCUT2D eigenvalue weighted by atomic mass is 19.1. The first-order chi connectivity index (χ1) is 10.2. The first-order valence-electron chi connectivity index (χ1n) is 6.46. The smallest absolute Gasteiger partial charge is 0.253 e. The van der Waals surface area contributed by atoms with E-state index < -0.39 is 0 Å². The largest absolute Gasteiger partial charge is 0.348 e. The summed E-state index contributed by atoms with van der Waals surface area (Å²) in [6.07, 6.45) is 3.14. The lowest BCUT2D eigenvalue weighted by Crippen LogP contribution is -2.23. The van der Waals surface area contributed by atoms with Crippen LogP contribution in [0.15, 0.2) is 54.9 Å². The minimum atomic E-state index is -0.297. The van der Waals surface area contributed by atoms with E-state index in [-0.39, 0.29) is 11.7 Å². The third kappa shape index (κ3) is 2.86. The fourth-order valence-electron chi connectivity index (χ4n) is 2.06. The highest BCUT2D eigenvalue weighted by Crippen LogP contribution is 2.13. The second-order valence-electron chi connectivity index (χ2n) is 4.54. The zero-order valence-corrected chi connectivity index (χ0v) is 11.1. The van der Waals surface area contributed by atoms with Gasteiger partial charge < -0.3 is 5.32 Å². The van der Waals surface area contributed by atoms with E-state index in [1.807, 2.05) is 0 Å². The molecule has 1 N–H and O–H groups in total. The number of hydrogen-bond donors (Lipinski definition) is 1. The lowest BCUT2D eigenvalue weighted by molar-refractivity contribution is 0.0952. The third-order valence-electron chi connectivity index (χ3n) is 3.11. The molecule has 2 aromatic carbocycles. The molecule has 0 atom stereocenters. The molecule has 0 aliphatic heterocycles. The predicted molar refractivity (Wildman–Crippen MR) is 77.1 cm³/mol. The molecule has 104 valence electrons. The van der Waals surface area contributed by atoms with Gasteiger partial charge in [0.15, 0.2) is 0 Å². The molecule has 0 radical (unpaired) electrons. The molecule has 0 fully saturated rings. The molecule has 1 heterocycles. The minimum Gasteiger partial charge on any atom is -0.348 e. The van der Waals surface area contributed by atoms with E-state index in [0.717, 1.165) is 5.56 Å². The van der Waals surface area contributed by atoms with Crippen molar-refractivity contribution >= 4 is 16.9 Å². The molecule has 1 amide bonds. The number of benzene rings is 2. The van der Waals surface area contributed by atoms with Crippen molar-refractivity contribution in [2.45, 2.75) is 6.54 Å². The van der Waals surface area contributed by atoms with Crippen molar-refractivity contribution in [1.82, 2.24) is 15.3 Å². The van der Waals surface area contributed by atoms with Crippen LogP contribution in [0.4, 0.5) is 4.39 Å². The Kier molecular flexibility index (Phi) is 3.55. The summed E-state index contributed by atoms with van der Waals surface area (Å²) in [5.74, 6) is -0.528. The first-order valence-corrected chi connectivity index (χ1v) is 6.46. The van der Waals surface area contributed by atoms with Gasteiger partial charge in [-0.3, -0.25) is 14.8 Å². The summed E-state index contributed by atoms with van der Waals surface area (Å²) in [5, 5.41) is 2.80. The van der Waals surface area contributed by atoms with Crippen LogP contribution in [0.2, 0.25) is 0 Å². The molecule has 5 heteroatoms. The van der Waals surface area contributed by atoms with Crippen LogP contribution in [0.5, 0.6) is 0 Å². The topological polar surface area (TPSA) is 54.9 Å². The highest BCUT2D eigenvalue weighted by Gasteiger charge is 2.10. The fraction of sp³-hybridized carbons (Fsp3) is 0.0625. The Bertz CT molecular complexity index is 782. The number of hydrogen-bond acceptors (Lipinski definition) is 3. The number of nitrogens with one attached hydrogen (secondary N) is 1. The van der Waals surface area contributed by atoms with Crippen LogP contribution in [0.25, 0.3) is 11.0 Å². The summed E-state index contributed by atoms with van der Waals surface area (Å²) in [6.45, 7) is 0.329. The van der Waals surface area contributed by atoms with Crippen LogP contribution >= 0.6 is 0 Å². The van der Waals surface area contributed by atoms with Crippen LogP contribution in [0.1, 0.15) is 15.9 Å². The molecule has 0 saturated heterocycles. The lowest BCUT2D eigenvalue weighted by atomic mass is 10.1. The molecule has 0 aliphatic rings. The number of carbonyl (C=O) groups is 1. The van der Waals surface area contributed by atoms with Crippen LogP contribution < -0.4 is 5.32 Å². The number of amides is 1. The van der Waals surface area contributed by atoms with Gasteiger partial charge in [-0.1, -0.05) is 18.2 Å². The normalized spacial score (nSPS) is 10.5. The van der Waals surface area contributed by atoms with E-state index >= 15 is 0 Å².